The van der Waals surface area contributed by atoms with Crippen molar-refractivity contribution in [1.29, 1.82) is 0 Å². The summed E-state index contributed by atoms with van der Waals surface area (Å²) in [5.41, 5.74) is 1.04. The average Bonchev–Trinajstić information content (AvgIpc) is 3.16. The third-order valence-corrected chi connectivity index (χ3v) is 5.49. The number of aryl methyl sites for hydroxylation is 2. The molecular weight excluding hydrogens is 410 g/mol. The fourth-order valence-corrected chi connectivity index (χ4v) is 3.63. The minimum atomic E-state index is -0.768. The minimum Gasteiger partial charge on any atom is -0.494 e. The van der Waals surface area contributed by atoms with Crippen molar-refractivity contribution < 1.29 is 5.11 Å². The number of rotatable bonds is 2. The van der Waals surface area contributed by atoms with Crippen LogP contribution in [0.3, 0.4) is 0 Å². The summed E-state index contributed by atoms with van der Waals surface area (Å²) in [5, 5.41) is 15.7. The standard InChI is InChI=1S/C23H17N5O4/c1-12-7-8-15(9-13(12)2)27-21(30)17(20(29)26-23(27)32)10-14-11-24-28-19(14)25-18-6-4-3-5-16(18)22(28)31/h3-11,30H,1-2H3,(H,26,29,32). The van der Waals surface area contributed by atoms with Gasteiger partial charge in [0.25, 0.3) is 11.1 Å². The van der Waals surface area contributed by atoms with Gasteiger partial charge in [0.1, 0.15) is 5.56 Å². The molecule has 9 heteroatoms. The fraction of sp³-hybridized carbons (Fsp3) is 0.0870. The third kappa shape index (κ3) is 2.90. The maximum atomic E-state index is 12.7. The zero-order valence-corrected chi connectivity index (χ0v) is 17.2. The van der Waals surface area contributed by atoms with Gasteiger partial charge in [-0.15, -0.1) is 0 Å². The Hall–Kier alpha value is -4.53. The third-order valence-electron chi connectivity index (χ3n) is 5.49. The monoisotopic (exact) mass is 427 g/mol. The highest BCUT2D eigenvalue weighted by molar-refractivity contribution is 5.79. The Morgan fingerprint density at radius 2 is 1.81 bits per heavy atom. The molecule has 0 amide bonds. The zero-order chi connectivity index (χ0) is 22.6. The lowest BCUT2D eigenvalue weighted by atomic mass is 10.1. The van der Waals surface area contributed by atoms with Crippen molar-refractivity contribution in [2.75, 3.05) is 0 Å². The maximum absolute atomic E-state index is 12.7. The summed E-state index contributed by atoms with van der Waals surface area (Å²) in [6, 6.07) is 12.1. The van der Waals surface area contributed by atoms with Crippen LogP contribution in [0.4, 0.5) is 0 Å². The maximum Gasteiger partial charge on any atom is 0.335 e. The first-order valence-corrected chi connectivity index (χ1v) is 9.79. The van der Waals surface area contributed by atoms with Crippen molar-refractivity contribution >= 4 is 22.6 Å². The number of hydrogen-bond acceptors (Lipinski definition) is 6. The van der Waals surface area contributed by atoms with E-state index in [0.29, 0.717) is 21.8 Å². The predicted molar refractivity (Wildman–Crippen MR) is 119 cm³/mol. The Morgan fingerprint density at radius 3 is 2.59 bits per heavy atom. The highest BCUT2D eigenvalue weighted by Gasteiger charge is 2.16. The molecule has 2 aromatic carbocycles. The first kappa shape index (κ1) is 19.4. The van der Waals surface area contributed by atoms with Crippen LogP contribution in [-0.4, -0.2) is 29.3 Å². The Kier molecular flexibility index (Phi) is 4.26. The molecule has 158 valence electrons. The van der Waals surface area contributed by atoms with Gasteiger partial charge in [-0.05, 0) is 55.3 Å². The lowest BCUT2D eigenvalue weighted by Crippen LogP contribution is -2.31. The van der Waals surface area contributed by atoms with Crippen molar-refractivity contribution in [2.24, 2.45) is 0 Å². The second-order valence-electron chi connectivity index (χ2n) is 7.51. The SMILES string of the molecule is Cc1ccc(-n2c(O)c(C=c3cnn4c(=O)c5ccccc5nc34)c(=O)[nH]c2=O)cc1C. The number of aromatic amines is 1. The normalized spacial score (nSPS) is 12.1. The van der Waals surface area contributed by atoms with Gasteiger partial charge in [0.05, 0.1) is 22.8 Å². The molecular formula is C23H17N5O4. The molecule has 0 unspecified atom stereocenters. The molecule has 3 aromatic heterocycles. The number of benzene rings is 2. The van der Waals surface area contributed by atoms with E-state index in [4.69, 9.17) is 0 Å². The summed E-state index contributed by atoms with van der Waals surface area (Å²) >= 11 is 0. The molecule has 0 saturated heterocycles. The number of nitrogens with one attached hydrogen (secondary N) is 1. The summed E-state index contributed by atoms with van der Waals surface area (Å²) in [6.45, 7) is 3.81. The molecule has 2 N–H and O–H groups in total. The Morgan fingerprint density at radius 1 is 1.03 bits per heavy atom. The van der Waals surface area contributed by atoms with Gasteiger partial charge in [-0.2, -0.15) is 9.61 Å². The van der Waals surface area contributed by atoms with Crippen LogP contribution < -0.4 is 22.0 Å². The Bertz CT molecular complexity index is 1780. The van der Waals surface area contributed by atoms with E-state index < -0.39 is 17.1 Å². The van der Waals surface area contributed by atoms with Gasteiger partial charge >= 0.3 is 5.69 Å². The molecule has 3 heterocycles. The van der Waals surface area contributed by atoms with Crippen LogP contribution in [0, 0.1) is 13.8 Å². The van der Waals surface area contributed by atoms with E-state index in [1.165, 1.54) is 12.3 Å². The largest absolute Gasteiger partial charge is 0.494 e. The second-order valence-corrected chi connectivity index (χ2v) is 7.51. The summed E-state index contributed by atoms with van der Waals surface area (Å²) in [4.78, 5) is 44.4. The number of nitrogens with zero attached hydrogens (tertiary/aromatic N) is 4. The van der Waals surface area contributed by atoms with Gasteiger partial charge in [0.15, 0.2) is 5.65 Å². The van der Waals surface area contributed by atoms with Crippen LogP contribution in [0.2, 0.25) is 0 Å². The lowest BCUT2D eigenvalue weighted by Gasteiger charge is -2.11. The van der Waals surface area contributed by atoms with Crippen LogP contribution in [0.15, 0.2) is 63.0 Å². The van der Waals surface area contributed by atoms with Crippen LogP contribution in [0.5, 0.6) is 5.88 Å². The van der Waals surface area contributed by atoms with Gasteiger partial charge in [-0.3, -0.25) is 14.6 Å². The van der Waals surface area contributed by atoms with E-state index in [0.717, 1.165) is 20.2 Å². The topological polar surface area (TPSA) is 122 Å². The van der Waals surface area contributed by atoms with Crippen LogP contribution >= 0.6 is 0 Å². The van der Waals surface area contributed by atoms with E-state index in [-0.39, 0.29) is 16.8 Å². The molecule has 0 bridgehead atoms. The fourth-order valence-electron chi connectivity index (χ4n) is 3.63. The summed E-state index contributed by atoms with van der Waals surface area (Å²) in [7, 11) is 0. The average molecular weight is 427 g/mol. The van der Waals surface area contributed by atoms with Crippen molar-refractivity contribution in [3.05, 3.63) is 102 Å². The number of hydrogen-bond donors (Lipinski definition) is 2. The smallest absolute Gasteiger partial charge is 0.335 e. The Labute approximate surface area is 179 Å². The molecule has 0 radical (unpaired) electrons. The van der Waals surface area contributed by atoms with Gasteiger partial charge in [0, 0.05) is 5.22 Å². The van der Waals surface area contributed by atoms with E-state index >= 15 is 0 Å². The molecule has 0 atom stereocenters. The van der Waals surface area contributed by atoms with Crippen molar-refractivity contribution in [3.63, 3.8) is 0 Å². The molecule has 0 saturated carbocycles. The first-order valence-electron chi connectivity index (χ1n) is 9.79. The van der Waals surface area contributed by atoms with Gasteiger partial charge in [-0.25, -0.2) is 14.3 Å². The van der Waals surface area contributed by atoms with Crippen LogP contribution in [0.1, 0.15) is 16.7 Å². The van der Waals surface area contributed by atoms with E-state index in [9.17, 15) is 19.5 Å². The molecule has 9 nitrogen and oxygen atoms in total. The molecule has 32 heavy (non-hydrogen) atoms. The zero-order valence-electron chi connectivity index (χ0n) is 17.2. The van der Waals surface area contributed by atoms with Crippen molar-refractivity contribution in [3.8, 4) is 11.6 Å². The number of H-pyrrole nitrogens is 1. The number of fused-ring (bicyclic) bond motifs is 2. The molecule has 0 fully saturated rings. The summed E-state index contributed by atoms with van der Waals surface area (Å²) in [6.07, 6.45) is 2.74. The predicted octanol–water partition coefficient (Wildman–Crippen LogP) is 0.952. The molecule has 0 aliphatic carbocycles. The summed E-state index contributed by atoms with van der Waals surface area (Å²) < 4.78 is 2.16. The lowest BCUT2D eigenvalue weighted by molar-refractivity contribution is 0.429. The molecule has 0 spiro atoms. The van der Waals surface area contributed by atoms with Crippen molar-refractivity contribution in [1.82, 2.24) is 24.1 Å². The molecule has 0 aliphatic rings. The van der Waals surface area contributed by atoms with E-state index in [2.05, 4.69) is 15.1 Å². The molecule has 5 rings (SSSR count). The molecule has 5 aromatic rings. The van der Waals surface area contributed by atoms with Gasteiger partial charge in [-0.1, -0.05) is 18.2 Å². The first-order chi connectivity index (χ1) is 15.3. The van der Waals surface area contributed by atoms with Crippen molar-refractivity contribution in [2.45, 2.75) is 13.8 Å². The van der Waals surface area contributed by atoms with Crippen LogP contribution in [-0.2, 0) is 0 Å². The highest BCUT2D eigenvalue weighted by atomic mass is 16.3. The number of para-hydroxylation sites is 1. The highest BCUT2D eigenvalue weighted by Crippen LogP contribution is 2.19. The van der Waals surface area contributed by atoms with Crippen LogP contribution in [0.25, 0.3) is 28.3 Å². The van der Waals surface area contributed by atoms with Gasteiger partial charge in [0.2, 0.25) is 5.88 Å². The number of aromatic hydroxyl groups is 1. The Balaban J connectivity index is 1.80. The molecule has 0 aliphatic heterocycles. The van der Waals surface area contributed by atoms with Gasteiger partial charge < -0.3 is 5.11 Å². The number of aromatic nitrogens is 5. The minimum absolute atomic E-state index is 0.153. The quantitative estimate of drug-likeness (QED) is 0.433. The van der Waals surface area contributed by atoms with E-state index in [1.807, 2.05) is 19.9 Å². The summed E-state index contributed by atoms with van der Waals surface area (Å²) in [5.74, 6) is -0.524. The second kappa shape index (κ2) is 7.02. The van der Waals surface area contributed by atoms with E-state index in [1.54, 1.807) is 36.4 Å².